The van der Waals surface area contributed by atoms with E-state index in [9.17, 15) is 0 Å². The second kappa shape index (κ2) is 4.60. The van der Waals surface area contributed by atoms with Gasteiger partial charge in [-0.05, 0) is 35.9 Å². The van der Waals surface area contributed by atoms with Gasteiger partial charge >= 0.3 is 0 Å². The molecule has 0 fully saturated rings. The summed E-state index contributed by atoms with van der Waals surface area (Å²) in [5.41, 5.74) is 8.36. The van der Waals surface area contributed by atoms with E-state index in [4.69, 9.17) is 5.73 Å². The normalized spacial score (nSPS) is 12.7. The van der Waals surface area contributed by atoms with Crippen molar-refractivity contribution >= 4 is 11.3 Å². The number of benzene rings is 1. The largest absolute Gasteiger partial charge is 0.328 e. The molecule has 2 aromatic rings. The summed E-state index contributed by atoms with van der Waals surface area (Å²) in [7, 11) is 0. The van der Waals surface area contributed by atoms with Gasteiger partial charge in [-0.1, -0.05) is 30.3 Å². The molecule has 0 amide bonds. The molecule has 1 heterocycles. The lowest BCUT2D eigenvalue weighted by Crippen LogP contribution is -2.16. The van der Waals surface area contributed by atoms with Crippen LogP contribution in [-0.2, 0) is 6.42 Å². The maximum Gasteiger partial charge on any atom is 0.00669 e. The first-order chi connectivity index (χ1) is 7.25. The van der Waals surface area contributed by atoms with E-state index < -0.39 is 0 Å². The summed E-state index contributed by atoms with van der Waals surface area (Å²) in [6.07, 6.45) is 0.970. The Hall–Kier alpha value is -1.12. The highest BCUT2D eigenvalue weighted by Crippen LogP contribution is 2.25. The first-order valence-electron chi connectivity index (χ1n) is 5.14. The molecule has 1 unspecified atom stereocenters. The van der Waals surface area contributed by atoms with Gasteiger partial charge in [0.15, 0.2) is 0 Å². The van der Waals surface area contributed by atoms with Crippen molar-refractivity contribution in [2.24, 2.45) is 5.73 Å². The zero-order valence-corrected chi connectivity index (χ0v) is 9.63. The maximum atomic E-state index is 5.78. The average molecular weight is 217 g/mol. The lowest BCUT2D eigenvalue weighted by atomic mass is 10.1. The van der Waals surface area contributed by atoms with Crippen LogP contribution in [0.1, 0.15) is 11.8 Å². The Morgan fingerprint density at radius 2 is 1.93 bits per heavy atom. The molecule has 2 N–H and O–H groups in total. The van der Waals surface area contributed by atoms with Crippen LogP contribution < -0.4 is 5.73 Å². The van der Waals surface area contributed by atoms with Gasteiger partial charge in [-0.15, -0.1) is 11.3 Å². The Morgan fingerprint density at radius 3 is 2.60 bits per heavy atom. The molecule has 1 aromatic heterocycles. The van der Waals surface area contributed by atoms with Crippen molar-refractivity contribution < 1.29 is 0 Å². The van der Waals surface area contributed by atoms with Crippen molar-refractivity contribution in [2.75, 3.05) is 0 Å². The van der Waals surface area contributed by atoms with Crippen LogP contribution in [0.2, 0.25) is 0 Å². The third kappa shape index (κ3) is 2.67. The summed E-state index contributed by atoms with van der Waals surface area (Å²) in [6.45, 7) is 2.04. The van der Waals surface area contributed by atoms with Crippen LogP contribution in [0.3, 0.4) is 0 Å². The van der Waals surface area contributed by atoms with Crippen molar-refractivity contribution in [1.82, 2.24) is 0 Å². The monoisotopic (exact) mass is 217 g/mol. The summed E-state index contributed by atoms with van der Waals surface area (Å²) in [5.74, 6) is 0. The molecular formula is C13H15NS. The summed E-state index contributed by atoms with van der Waals surface area (Å²) in [4.78, 5) is 1.36. The SMILES string of the molecule is CC(N)Cc1cc(-c2ccccc2)cs1. The predicted molar refractivity (Wildman–Crippen MR) is 67.1 cm³/mol. The Bertz CT molecular complexity index is 417. The fraction of sp³-hybridized carbons (Fsp3) is 0.231. The second-order valence-electron chi connectivity index (χ2n) is 3.85. The minimum absolute atomic E-state index is 0.243. The van der Waals surface area contributed by atoms with Crippen molar-refractivity contribution in [2.45, 2.75) is 19.4 Å². The molecule has 0 saturated carbocycles. The fourth-order valence-corrected chi connectivity index (χ4v) is 2.62. The summed E-state index contributed by atoms with van der Waals surface area (Å²) in [5, 5.41) is 2.20. The molecule has 0 saturated heterocycles. The van der Waals surface area contributed by atoms with E-state index in [-0.39, 0.29) is 6.04 Å². The third-order valence-corrected chi connectivity index (χ3v) is 3.24. The second-order valence-corrected chi connectivity index (χ2v) is 4.84. The Labute approximate surface area is 94.6 Å². The number of hydrogen-bond acceptors (Lipinski definition) is 2. The highest BCUT2D eigenvalue weighted by molar-refractivity contribution is 7.10. The molecule has 1 nitrogen and oxygen atoms in total. The highest BCUT2D eigenvalue weighted by Gasteiger charge is 2.03. The fourth-order valence-electron chi connectivity index (χ4n) is 1.59. The standard InChI is InChI=1S/C13H15NS/c1-10(14)7-13-8-12(9-15-13)11-5-3-2-4-6-11/h2-6,8-10H,7,14H2,1H3. The van der Waals surface area contributed by atoms with Gasteiger partial charge in [-0.3, -0.25) is 0 Å². The van der Waals surface area contributed by atoms with Gasteiger partial charge in [0.05, 0.1) is 0 Å². The van der Waals surface area contributed by atoms with E-state index in [0.717, 1.165) is 6.42 Å². The lowest BCUT2D eigenvalue weighted by Gasteiger charge is -2.00. The molecule has 2 rings (SSSR count). The summed E-state index contributed by atoms with van der Waals surface area (Å²) < 4.78 is 0. The van der Waals surface area contributed by atoms with E-state index in [1.165, 1.54) is 16.0 Å². The van der Waals surface area contributed by atoms with Gasteiger partial charge in [-0.25, -0.2) is 0 Å². The number of nitrogens with two attached hydrogens (primary N) is 1. The molecule has 0 aliphatic heterocycles. The first kappa shape index (κ1) is 10.4. The van der Waals surface area contributed by atoms with Crippen LogP contribution >= 0.6 is 11.3 Å². The van der Waals surface area contributed by atoms with Crippen molar-refractivity contribution in [3.8, 4) is 11.1 Å². The molecule has 0 bridgehead atoms. The van der Waals surface area contributed by atoms with Crippen molar-refractivity contribution in [1.29, 1.82) is 0 Å². The Balaban J connectivity index is 2.21. The number of hydrogen-bond donors (Lipinski definition) is 1. The van der Waals surface area contributed by atoms with Crippen molar-refractivity contribution in [3.05, 3.63) is 46.7 Å². The van der Waals surface area contributed by atoms with Gasteiger partial charge in [0.2, 0.25) is 0 Å². The van der Waals surface area contributed by atoms with Crippen LogP contribution in [0.15, 0.2) is 41.8 Å². The maximum absolute atomic E-state index is 5.78. The van der Waals surface area contributed by atoms with Crippen molar-refractivity contribution in [3.63, 3.8) is 0 Å². The summed E-state index contributed by atoms with van der Waals surface area (Å²) in [6, 6.07) is 12.9. The summed E-state index contributed by atoms with van der Waals surface area (Å²) >= 11 is 1.79. The van der Waals surface area contributed by atoms with Crippen LogP contribution in [0, 0.1) is 0 Å². The minimum Gasteiger partial charge on any atom is -0.328 e. The van der Waals surface area contributed by atoms with Gasteiger partial charge < -0.3 is 5.73 Å². The first-order valence-corrected chi connectivity index (χ1v) is 6.02. The van der Waals surface area contributed by atoms with Gasteiger partial charge in [0.25, 0.3) is 0 Å². The molecule has 0 spiro atoms. The molecule has 1 atom stereocenters. The Kier molecular flexibility index (Phi) is 3.19. The molecule has 0 aliphatic carbocycles. The quantitative estimate of drug-likeness (QED) is 0.838. The van der Waals surface area contributed by atoms with E-state index in [2.05, 4.69) is 35.7 Å². The zero-order valence-electron chi connectivity index (χ0n) is 8.81. The molecule has 78 valence electrons. The van der Waals surface area contributed by atoms with Crippen LogP contribution in [0.5, 0.6) is 0 Å². The topological polar surface area (TPSA) is 26.0 Å². The molecule has 2 heteroatoms. The smallest absolute Gasteiger partial charge is 0.00669 e. The molecule has 0 radical (unpaired) electrons. The van der Waals surface area contributed by atoms with Gasteiger partial charge in [-0.2, -0.15) is 0 Å². The van der Waals surface area contributed by atoms with Gasteiger partial charge in [0.1, 0.15) is 0 Å². The van der Waals surface area contributed by atoms with E-state index in [1.54, 1.807) is 11.3 Å². The molecule has 0 aliphatic rings. The molecule has 15 heavy (non-hydrogen) atoms. The molecule has 1 aromatic carbocycles. The third-order valence-electron chi connectivity index (χ3n) is 2.28. The van der Waals surface area contributed by atoms with E-state index >= 15 is 0 Å². The zero-order chi connectivity index (χ0) is 10.7. The minimum atomic E-state index is 0.243. The van der Waals surface area contributed by atoms with E-state index in [1.807, 2.05) is 13.0 Å². The molecular weight excluding hydrogens is 202 g/mol. The number of thiophene rings is 1. The van der Waals surface area contributed by atoms with Gasteiger partial charge in [0, 0.05) is 10.9 Å². The Morgan fingerprint density at radius 1 is 1.20 bits per heavy atom. The predicted octanol–water partition coefficient (Wildman–Crippen LogP) is 3.30. The van der Waals surface area contributed by atoms with Crippen LogP contribution in [0.4, 0.5) is 0 Å². The lowest BCUT2D eigenvalue weighted by molar-refractivity contribution is 0.747. The van der Waals surface area contributed by atoms with Crippen LogP contribution in [-0.4, -0.2) is 6.04 Å². The van der Waals surface area contributed by atoms with E-state index in [0.29, 0.717) is 0 Å². The van der Waals surface area contributed by atoms with Crippen LogP contribution in [0.25, 0.3) is 11.1 Å². The highest BCUT2D eigenvalue weighted by atomic mass is 32.1. The average Bonchev–Trinajstić information content (AvgIpc) is 2.67. The number of rotatable bonds is 3.